The highest BCUT2D eigenvalue weighted by Crippen LogP contribution is 2.24. The first-order chi connectivity index (χ1) is 14.3. The largest absolute Gasteiger partial charge is 0.508 e. The first kappa shape index (κ1) is 20.7. The molecule has 0 aliphatic heterocycles. The zero-order valence-electron chi connectivity index (χ0n) is 15.5. The van der Waals surface area contributed by atoms with Crippen molar-refractivity contribution in [2.75, 3.05) is 4.41 Å². The molecule has 0 fully saturated rings. The number of nitrogens with zero attached hydrogens (tertiary/aromatic N) is 2. The molecule has 0 heterocycles. The number of aromatic hydroxyl groups is 1. The molecule has 0 aliphatic rings. The molecule has 0 saturated heterocycles. The zero-order chi connectivity index (χ0) is 21.7. The van der Waals surface area contributed by atoms with Crippen LogP contribution in [0.2, 0.25) is 0 Å². The second-order valence-corrected chi connectivity index (χ2v) is 7.90. The van der Waals surface area contributed by atoms with E-state index in [1.165, 1.54) is 66.7 Å². The van der Waals surface area contributed by atoms with Crippen molar-refractivity contribution in [2.45, 2.75) is 4.90 Å². The molecule has 8 nitrogen and oxygen atoms in total. The van der Waals surface area contributed by atoms with Crippen molar-refractivity contribution in [2.24, 2.45) is 0 Å². The smallest absolute Gasteiger partial charge is 0.318 e. The number of phenols is 1. The molecule has 152 valence electrons. The van der Waals surface area contributed by atoms with E-state index in [4.69, 9.17) is 0 Å². The predicted molar refractivity (Wildman–Crippen MR) is 111 cm³/mol. The molecule has 0 atom stereocenters. The Morgan fingerprint density at radius 1 is 0.933 bits per heavy atom. The number of nitro groups is 1. The third-order valence-corrected chi connectivity index (χ3v) is 5.78. The van der Waals surface area contributed by atoms with Crippen LogP contribution in [0.25, 0.3) is 6.08 Å². The Kier molecular flexibility index (Phi) is 5.93. The fraction of sp³-hybridized carbons (Fsp3) is 0. The van der Waals surface area contributed by atoms with Crippen LogP contribution in [-0.2, 0) is 10.0 Å². The lowest BCUT2D eigenvalue weighted by Crippen LogP contribution is -2.36. The molecule has 0 unspecified atom stereocenters. The number of hydrazine groups is 1. The maximum Gasteiger partial charge on any atom is 0.318 e. The van der Waals surface area contributed by atoms with E-state index in [-0.39, 0.29) is 32.1 Å². The van der Waals surface area contributed by atoms with E-state index >= 15 is 0 Å². The number of sulfonamides is 1. The van der Waals surface area contributed by atoms with Gasteiger partial charge in [0.25, 0.3) is 0 Å². The quantitative estimate of drug-likeness (QED) is 0.268. The summed E-state index contributed by atoms with van der Waals surface area (Å²) in [6.45, 7) is 0. The highest BCUT2D eigenvalue weighted by molar-refractivity contribution is 7.92. The lowest BCUT2D eigenvalue weighted by molar-refractivity contribution is -0.474. The topological polar surface area (TPSA) is 118 Å². The second kappa shape index (κ2) is 8.58. The number of carbonyl (C=O) groups is 1. The number of ketones is 1. The molecule has 0 amide bonds. The highest BCUT2D eigenvalue weighted by atomic mass is 32.2. The van der Waals surface area contributed by atoms with Crippen LogP contribution in [0.5, 0.6) is 5.75 Å². The molecule has 3 aromatic rings. The number of hydrogen-bond acceptors (Lipinski definition) is 6. The van der Waals surface area contributed by atoms with Crippen LogP contribution < -0.4 is 4.41 Å². The van der Waals surface area contributed by atoms with E-state index < -0.39 is 15.1 Å². The molecule has 0 radical (unpaired) electrons. The Balaban J connectivity index is 1.84. The van der Waals surface area contributed by atoms with Gasteiger partial charge in [0.1, 0.15) is 11.4 Å². The number of rotatable bonds is 7. The van der Waals surface area contributed by atoms with Gasteiger partial charge in [-0.3, -0.25) is 4.79 Å². The number of benzene rings is 3. The number of carbonyl (C=O) groups excluding carboxylic acids is 1. The minimum atomic E-state index is -4.42. The highest BCUT2D eigenvalue weighted by Gasteiger charge is 2.34. The summed E-state index contributed by atoms with van der Waals surface area (Å²) in [5.74, 6) is -0.261. The molecule has 30 heavy (non-hydrogen) atoms. The van der Waals surface area contributed by atoms with Crippen LogP contribution >= 0.6 is 0 Å². The van der Waals surface area contributed by atoms with Gasteiger partial charge in [0.15, 0.2) is 10.8 Å². The van der Waals surface area contributed by atoms with Crippen molar-refractivity contribution in [1.29, 1.82) is 0 Å². The molecule has 0 spiro atoms. The number of allylic oxidation sites excluding steroid dienone is 1. The van der Waals surface area contributed by atoms with Crippen molar-refractivity contribution in [3.05, 3.63) is 106 Å². The van der Waals surface area contributed by atoms with Gasteiger partial charge in [0.2, 0.25) is 0 Å². The van der Waals surface area contributed by atoms with Gasteiger partial charge in [0, 0.05) is 9.98 Å². The Labute approximate surface area is 172 Å². The fourth-order valence-corrected chi connectivity index (χ4v) is 3.90. The van der Waals surface area contributed by atoms with E-state index in [9.17, 15) is 28.4 Å². The minimum Gasteiger partial charge on any atom is -0.508 e. The third kappa shape index (κ3) is 4.53. The SMILES string of the molecule is O=C(/C=C/c1ccc(O)cc1)c1ccc(N([N+](=O)[O-])S(=O)(=O)c2ccccc2)cc1. The predicted octanol–water partition coefficient (Wildman–Crippen LogP) is 3.68. The molecule has 0 aromatic heterocycles. The van der Waals surface area contributed by atoms with Gasteiger partial charge in [-0.25, -0.2) is 10.1 Å². The second-order valence-electron chi connectivity index (χ2n) is 6.13. The van der Waals surface area contributed by atoms with Crippen molar-refractivity contribution in [1.82, 2.24) is 0 Å². The maximum atomic E-state index is 12.7. The van der Waals surface area contributed by atoms with E-state index in [1.807, 2.05) is 0 Å². The molecule has 9 heteroatoms. The third-order valence-electron chi connectivity index (χ3n) is 4.11. The Bertz CT molecular complexity index is 1190. The summed E-state index contributed by atoms with van der Waals surface area (Å²) in [5, 5.41) is 19.7. The van der Waals surface area contributed by atoms with Crippen molar-refractivity contribution >= 4 is 27.6 Å². The number of phenolic OH excluding ortho intramolecular Hbond substituents is 1. The number of anilines is 1. The van der Waals surface area contributed by atoms with Crippen molar-refractivity contribution in [3.8, 4) is 5.75 Å². The average Bonchev–Trinajstić information content (AvgIpc) is 2.74. The van der Waals surface area contributed by atoms with Crippen molar-refractivity contribution in [3.63, 3.8) is 0 Å². The normalized spacial score (nSPS) is 11.3. The molecule has 1 N–H and O–H groups in total. The van der Waals surface area contributed by atoms with Gasteiger partial charge in [-0.1, -0.05) is 36.4 Å². The summed E-state index contributed by atoms with van der Waals surface area (Å²) in [5.41, 5.74) is 0.725. The standard InChI is InChI=1S/C21H16N2O6S/c24-19-13-6-16(7-14-19)8-15-21(25)17-9-11-18(12-10-17)22(23(26)27)30(28,29)20-4-2-1-3-5-20/h1-15,24H/b15-8+. The summed E-state index contributed by atoms with van der Waals surface area (Å²) >= 11 is 0. The summed E-state index contributed by atoms with van der Waals surface area (Å²) < 4.78 is 25.4. The Morgan fingerprint density at radius 3 is 2.10 bits per heavy atom. The van der Waals surface area contributed by atoms with E-state index in [2.05, 4.69) is 0 Å². The number of hydrogen-bond donors (Lipinski definition) is 1. The molecular formula is C21H16N2O6S. The molecule has 0 bridgehead atoms. The molecule has 3 rings (SSSR count). The summed E-state index contributed by atoms with van der Waals surface area (Å²) in [6, 6.07) is 18.3. The van der Waals surface area contributed by atoms with Crippen LogP contribution in [0.15, 0.2) is 89.8 Å². The van der Waals surface area contributed by atoms with Gasteiger partial charge >= 0.3 is 10.0 Å². The van der Waals surface area contributed by atoms with Crippen LogP contribution in [-0.4, -0.2) is 24.3 Å². The first-order valence-electron chi connectivity index (χ1n) is 8.65. The lowest BCUT2D eigenvalue weighted by Gasteiger charge is -2.14. The van der Waals surface area contributed by atoms with Gasteiger partial charge < -0.3 is 5.11 Å². The fourth-order valence-electron chi connectivity index (χ4n) is 2.62. The maximum absolute atomic E-state index is 12.7. The summed E-state index contributed by atoms with van der Waals surface area (Å²) in [6.07, 6.45) is 2.87. The molecule has 3 aromatic carbocycles. The van der Waals surface area contributed by atoms with Gasteiger partial charge in [-0.15, -0.1) is 0 Å². The van der Waals surface area contributed by atoms with E-state index in [1.54, 1.807) is 24.3 Å². The van der Waals surface area contributed by atoms with Crippen LogP contribution in [0.4, 0.5) is 5.69 Å². The van der Waals surface area contributed by atoms with Crippen molar-refractivity contribution < 1.29 is 23.4 Å². The van der Waals surface area contributed by atoms with Gasteiger partial charge in [0.05, 0.1) is 4.90 Å². The van der Waals surface area contributed by atoms with Gasteiger partial charge in [-0.2, -0.15) is 8.42 Å². The molecular weight excluding hydrogens is 408 g/mol. The van der Waals surface area contributed by atoms with Crippen LogP contribution in [0.1, 0.15) is 15.9 Å². The van der Waals surface area contributed by atoms with E-state index in [0.29, 0.717) is 5.56 Å². The first-order valence-corrected chi connectivity index (χ1v) is 10.1. The monoisotopic (exact) mass is 424 g/mol. The Morgan fingerprint density at radius 2 is 1.53 bits per heavy atom. The lowest BCUT2D eigenvalue weighted by atomic mass is 10.1. The Hall–Kier alpha value is -3.98. The van der Waals surface area contributed by atoms with Crippen LogP contribution in [0, 0.1) is 10.1 Å². The molecule has 0 aliphatic carbocycles. The average molecular weight is 424 g/mol. The zero-order valence-corrected chi connectivity index (χ0v) is 16.3. The van der Waals surface area contributed by atoms with Gasteiger partial charge in [-0.05, 0) is 60.2 Å². The minimum absolute atomic E-state index is 0.0723. The summed E-state index contributed by atoms with van der Waals surface area (Å²) in [7, 11) is -4.42. The van der Waals surface area contributed by atoms with E-state index in [0.717, 1.165) is 0 Å². The summed E-state index contributed by atoms with van der Waals surface area (Å²) in [4.78, 5) is 23.6. The molecule has 0 saturated carbocycles. The van der Waals surface area contributed by atoms with Crippen LogP contribution in [0.3, 0.4) is 0 Å².